The lowest BCUT2D eigenvalue weighted by molar-refractivity contribution is -0.173. The van der Waals surface area contributed by atoms with Crippen LogP contribution in [-0.2, 0) is 4.79 Å². The molecule has 1 aliphatic carbocycles. The fraction of sp³-hybridized carbons (Fsp3) is 0.474. The molecule has 1 aromatic rings. The van der Waals surface area contributed by atoms with E-state index >= 15 is 0 Å². The second kappa shape index (κ2) is 9.40. The summed E-state index contributed by atoms with van der Waals surface area (Å²) in [6, 6.07) is 4.96. The van der Waals surface area contributed by atoms with E-state index in [9.17, 15) is 22.8 Å². The van der Waals surface area contributed by atoms with Crippen molar-refractivity contribution in [1.29, 1.82) is 0 Å². The molecule has 0 aliphatic heterocycles. The molecule has 0 atom stereocenters. The molecule has 0 heterocycles. The Kier molecular flexibility index (Phi) is 7.24. The molecule has 26 heavy (non-hydrogen) atoms. The summed E-state index contributed by atoms with van der Waals surface area (Å²) in [5.74, 6) is -0.917. The Bertz CT molecular complexity index is 650. The van der Waals surface area contributed by atoms with Crippen molar-refractivity contribution >= 4 is 18.3 Å². The third-order valence-electron chi connectivity index (χ3n) is 4.25. The smallest absolute Gasteiger partial charge is 0.471 e. The SMILES string of the molecule is O=Cc1cc(/C=C/CNC(=O)C(F)(F)F)cc(OCC2CCCCC2)c1. The molecule has 1 aromatic carbocycles. The van der Waals surface area contributed by atoms with Crippen LogP contribution in [0.1, 0.15) is 48.0 Å². The Balaban J connectivity index is 1.93. The van der Waals surface area contributed by atoms with Gasteiger partial charge in [0.15, 0.2) is 0 Å². The first-order chi connectivity index (χ1) is 12.4. The minimum Gasteiger partial charge on any atom is -0.493 e. The lowest BCUT2D eigenvalue weighted by Crippen LogP contribution is -2.36. The average molecular weight is 369 g/mol. The molecule has 1 amide bonds. The maximum atomic E-state index is 12.1. The fourth-order valence-corrected chi connectivity index (χ4v) is 2.91. The normalized spacial score (nSPS) is 15.8. The summed E-state index contributed by atoms with van der Waals surface area (Å²) in [6.07, 6.45) is 4.67. The van der Waals surface area contributed by atoms with Gasteiger partial charge in [-0.15, -0.1) is 0 Å². The number of amides is 1. The minimum absolute atomic E-state index is 0.262. The Hall–Kier alpha value is -2.31. The van der Waals surface area contributed by atoms with Gasteiger partial charge in [0, 0.05) is 12.1 Å². The second-order valence-corrected chi connectivity index (χ2v) is 6.38. The van der Waals surface area contributed by atoms with E-state index in [-0.39, 0.29) is 6.54 Å². The number of carbonyl (C=O) groups is 2. The zero-order valence-corrected chi connectivity index (χ0v) is 14.3. The molecule has 1 N–H and O–H groups in total. The topological polar surface area (TPSA) is 55.4 Å². The van der Waals surface area contributed by atoms with Gasteiger partial charge in [0.25, 0.3) is 0 Å². The Morgan fingerprint density at radius 1 is 1.15 bits per heavy atom. The molecule has 1 saturated carbocycles. The first kappa shape index (κ1) is 20.0. The quantitative estimate of drug-likeness (QED) is 0.735. The van der Waals surface area contributed by atoms with Crippen LogP contribution in [0.2, 0.25) is 0 Å². The van der Waals surface area contributed by atoms with Gasteiger partial charge in [0.05, 0.1) is 6.61 Å². The van der Waals surface area contributed by atoms with Crippen LogP contribution in [0.5, 0.6) is 5.75 Å². The summed E-state index contributed by atoms with van der Waals surface area (Å²) < 4.78 is 42.1. The molecule has 4 nitrogen and oxygen atoms in total. The largest absolute Gasteiger partial charge is 0.493 e. The molecule has 1 fully saturated rings. The molecule has 142 valence electrons. The van der Waals surface area contributed by atoms with Crippen LogP contribution >= 0.6 is 0 Å². The van der Waals surface area contributed by atoms with E-state index in [0.29, 0.717) is 35.7 Å². The lowest BCUT2D eigenvalue weighted by atomic mass is 9.90. The number of carbonyl (C=O) groups excluding carboxylic acids is 2. The van der Waals surface area contributed by atoms with Gasteiger partial charge in [0.1, 0.15) is 12.0 Å². The third-order valence-corrected chi connectivity index (χ3v) is 4.25. The van der Waals surface area contributed by atoms with Crippen LogP contribution in [0, 0.1) is 5.92 Å². The molecule has 2 rings (SSSR count). The zero-order chi connectivity index (χ0) is 19.0. The zero-order valence-electron chi connectivity index (χ0n) is 14.3. The van der Waals surface area contributed by atoms with Crippen molar-refractivity contribution in [3.63, 3.8) is 0 Å². The molecule has 7 heteroatoms. The van der Waals surface area contributed by atoms with Crippen LogP contribution in [0.4, 0.5) is 13.2 Å². The van der Waals surface area contributed by atoms with Crippen molar-refractivity contribution in [2.45, 2.75) is 38.3 Å². The number of ether oxygens (including phenoxy) is 1. The highest BCUT2D eigenvalue weighted by Gasteiger charge is 2.37. The number of hydrogen-bond acceptors (Lipinski definition) is 3. The van der Waals surface area contributed by atoms with Gasteiger partial charge in [-0.2, -0.15) is 13.2 Å². The molecule has 0 saturated heterocycles. The molecule has 0 aromatic heterocycles. The summed E-state index contributed by atoms with van der Waals surface area (Å²) in [4.78, 5) is 21.8. The van der Waals surface area contributed by atoms with Crippen molar-refractivity contribution in [2.75, 3.05) is 13.2 Å². The fourth-order valence-electron chi connectivity index (χ4n) is 2.91. The Morgan fingerprint density at radius 3 is 2.50 bits per heavy atom. The maximum absolute atomic E-state index is 12.1. The summed E-state index contributed by atoms with van der Waals surface area (Å²) in [5.41, 5.74) is 1.04. The molecular weight excluding hydrogens is 347 g/mol. The first-order valence-electron chi connectivity index (χ1n) is 8.63. The van der Waals surface area contributed by atoms with E-state index in [2.05, 4.69) is 0 Å². The van der Waals surface area contributed by atoms with E-state index < -0.39 is 12.1 Å². The molecule has 1 aliphatic rings. The Labute approximate surface area is 150 Å². The highest BCUT2D eigenvalue weighted by Crippen LogP contribution is 2.25. The highest BCUT2D eigenvalue weighted by molar-refractivity contribution is 5.82. The predicted molar refractivity (Wildman–Crippen MR) is 92.0 cm³/mol. The summed E-state index contributed by atoms with van der Waals surface area (Å²) in [6.45, 7) is 0.328. The summed E-state index contributed by atoms with van der Waals surface area (Å²) in [5, 5.41) is 1.75. The summed E-state index contributed by atoms with van der Waals surface area (Å²) >= 11 is 0. The molecule has 0 spiro atoms. The Morgan fingerprint density at radius 2 is 1.85 bits per heavy atom. The minimum atomic E-state index is -4.90. The van der Waals surface area contributed by atoms with E-state index in [0.717, 1.165) is 12.8 Å². The number of aldehydes is 1. The standard InChI is InChI=1S/C19H22F3NO3/c20-19(21,22)18(25)23-8-4-7-15-9-16(12-24)11-17(10-15)26-13-14-5-2-1-3-6-14/h4,7,9-12,14H,1-3,5-6,8,13H2,(H,23,25)/b7-4+. The van der Waals surface area contributed by atoms with Crippen molar-refractivity contribution in [1.82, 2.24) is 5.32 Å². The van der Waals surface area contributed by atoms with E-state index in [1.54, 1.807) is 23.5 Å². The van der Waals surface area contributed by atoms with Crippen LogP contribution in [0.15, 0.2) is 24.3 Å². The van der Waals surface area contributed by atoms with Gasteiger partial charge in [-0.3, -0.25) is 9.59 Å². The van der Waals surface area contributed by atoms with Crippen molar-refractivity contribution in [3.8, 4) is 5.75 Å². The van der Waals surface area contributed by atoms with Crippen LogP contribution < -0.4 is 10.1 Å². The molecule has 0 unspecified atom stereocenters. The number of halogens is 3. The van der Waals surface area contributed by atoms with E-state index in [1.165, 1.54) is 31.4 Å². The molecule has 0 radical (unpaired) electrons. The van der Waals surface area contributed by atoms with E-state index in [1.807, 2.05) is 0 Å². The van der Waals surface area contributed by atoms with Gasteiger partial charge in [-0.25, -0.2) is 0 Å². The number of hydrogen-bond donors (Lipinski definition) is 1. The van der Waals surface area contributed by atoms with Gasteiger partial charge in [-0.05, 0) is 42.5 Å². The second-order valence-electron chi connectivity index (χ2n) is 6.38. The number of alkyl halides is 3. The van der Waals surface area contributed by atoms with Crippen LogP contribution in [-0.4, -0.2) is 31.5 Å². The summed E-state index contributed by atoms with van der Waals surface area (Å²) in [7, 11) is 0. The van der Waals surface area contributed by atoms with Gasteiger partial charge in [-0.1, -0.05) is 31.4 Å². The maximum Gasteiger partial charge on any atom is 0.471 e. The average Bonchev–Trinajstić information content (AvgIpc) is 2.63. The van der Waals surface area contributed by atoms with Crippen molar-refractivity contribution < 1.29 is 27.5 Å². The lowest BCUT2D eigenvalue weighted by Gasteiger charge is -2.21. The molecule has 0 bridgehead atoms. The monoisotopic (exact) mass is 369 g/mol. The number of nitrogens with one attached hydrogen (secondary N) is 1. The predicted octanol–water partition coefficient (Wildman–Crippen LogP) is 4.15. The number of rotatable bonds is 7. The van der Waals surface area contributed by atoms with Crippen molar-refractivity contribution in [3.05, 3.63) is 35.4 Å². The van der Waals surface area contributed by atoms with Crippen molar-refractivity contribution in [2.24, 2.45) is 5.92 Å². The number of benzene rings is 1. The van der Waals surface area contributed by atoms with Gasteiger partial charge < -0.3 is 10.1 Å². The molecular formula is C19H22F3NO3. The van der Waals surface area contributed by atoms with Gasteiger partial charge >= 0.3 is 12.1 Å². The van der Waals surface area contributed by atoms with Crippen LogP contribution in [0.3, 0.4) is 0 Å². The highest BCUT2D eigenvalue weighted by atomic mass is 19.4. The third kappa shape index (κ3) is 6.54. The van der Waals surface area contributed by atoms with Crippen LogP contribution in [0.25, 0.3) is 6.08 Å². The first-order valence-corrected chi connectivity index (χ1v) is 8.63. The van der Waals surface area contributed by atoms with E-state index in [4.69, 9.17) is 4.74 Å². The van der Waals surface area contributed by atoms with Gasteiger partial charge in [0.2, 0.25) is 0 Å².